The molecule has 1 nitrogen and oxygen atoms in total. The lowest BCUT2D eigenvalue weighted by Gasteiger charge is -2.01. The summed E-state index contributed by atoms with van der Waals surface area (Å²) in [6, 6.07) is 6.90. The van der Waals surface area contributed by atoms with Crippen LogP contribution in [0.5, 0.6) is 0 Å². The van der Waals surface area contributed by atoms with Crippen LogP contribution in [0.4, 0.5) is 10.1 Å². The number of thiophene rings is 1. The molecule has 0 unspecified atom stereocenters. The molecule has 0 spiro atoms. The number of rotatable bonds is 1. The molecule has 0 saturated carbocycles. The normalized spacial score (nSPS) is 10.6. The zero-order chi connectivity index (χ0) is 11.0. The van der Waals surface area contributed by atoms with Crippen LogP contribution in [-0.4, -0.2) is 0 Å². The van der Waals surface area contributed by atoms with Gasteiger partial charge in [0.25, 0.3) is 0 Å². The summed E-state index contributed by atoms with van der Waals surface area (Å²) < 4.78 is 14.3. The van der Waals surface area contributed by atoms with E-state index < -0.39 is 0 Å². The van der Waals surface area contributed by atoms with Gasteiger partial charge in [-0.3, -0.25) is 0 Å². The lowest BCUT2D eigenvalue weighted by molar-refractivity contribution is 0.633. The maximum absolute atomic E-state index is 13.3. The maximum atomic E-state index is 13.3. The van der Waals surface area contributed by atoms with E-state index in [1.807, 2.05) is 19.1 Å². The Bertz CT molecular complexity index is 507. The summed E-state index contributed by atoms with van der Waals surface area (Å²) in [7, 11) is 0. The number of aryl methyl sites for hydroxylation is 1. The van der Waals surface area contributed by atoms with Gasteiger partial charge in [-0.05, 0) is 46.6 Å². The molecule has 1 aromatic heterocycles. The standard InChI is InChI=1S/C11H9BrFNS/c1-6-4-8(12)11(15-6)7-2-3-10(14)9(13)5-7/h2-5H,14H2,1H3. The SMILES string of the molecule is Cc1cc(Br)c(-c2ccc(N)c(F)c2)s1. The minimum absolute atomic E-state index is 0.183. The molecule has 2 aromatic rings. The summed E-state index contributed by atoms with van der Waals surface area (Å²) in [6.07, 6.45) is 0. The van der Waals surface area contributed by atoms with E-state index in [-0.39, 0.29) is 11.5 Å². The fraction of sp³-hybridized carbons (Fsp3) is 0.0909. The van der Waals surface area contributed by atoms with E-state index in [4.69, 9.17) is 5.73 Å². The fourth-order valence-electron chi connectivity index (χ4n) is 1.35. The van der Waals surface area contributed by atoms with E-state index in [0.29, 0.717) is 0 Å². The zero-order valence-electron chi connectivity index (χ0n) is 8.05. The summed E-state index contributed by atoms with van der Waals surface area (Å²) in [5.41, 5.74) is 6.46. The first-order chi connectivity index (χ1) is 7.08. The molecular weight excluding hydrogens is 277 g/mol. The molecule has 0 aliphatic heterocycles. The number of hydrogen-bond acceptors (Lipinski definition) is 2. The summed E-state index contributed by atoms with van der Waals surface area (Å²) in [5, 5.41) is 0. The highest BCUT2D eigenvalue weighted by molar-refractivity contribution is 9.10. The maximum Gasteiger partial charge on any atom is 0.146 e. The molecule has 0 radical (unpaired) electrons. The van der Waals surface area contributed by atoms with Crippen molar-refractivity contribution in [1.82, 2.24) is 0 Å². The third-order valence-electron chi connectivity index (χ3n) is 2.07. The van der Waals surface area contributed by atoms with Crippen LogP contribution in [0.3, 0.4) is 0 Å². The zero-order valence-corrected chi connectivity index (χ0v) is 10.5. The Morgan fingerprint density at radius 3 is 2.60 bits per heavy atom. The second-order valence-electron chi connectivity index (χ2n) is 3.27. The van der Waals surface area contributed by atoms with Gasteiger partial charge in [-0.25, -0.2) is 4.39 Å². The first kappa shape index (κ1) is 10.6. The molecule has 15 heavy (non-hydrogen) atoms. The van der Waals surface area contributed by atoms with E-state index in [2.05, 4.69) is 15.9 Å². The van der Waals surface area contributed by atoms with Gasteiger partial charge in [0.1, 0.15) is 5.82 Å². The van der Waals surface area contributed by atoms with Crippen LogP contribution in [0.2, 0.25) is 0 Å². The second-order valence-corrected chi connectivity index (χ2v) is 5.38. The molecule has 78 valence electrons. The highest BCUT2D eigenvalue weighted by Gasteiger charge is 2.08. The van der Waals surface area contributed by atoms with E-state index in [0.717, 1.165) is 14.9 Å². The third-order valence-corrected chi connectivity index (χ3v) is 4.06. The minimum atomic E-state index is -0.370. The van der Waals surface area contributed by atoms with Crippen LogP contribution in [0.15, 0.2) is 28.7 Å². The first-order valence-electron chi connectivity index (χ1n) is 4.39. The van der Waals surface area contributed by atoms with Crippen molar-refractivity contribution >= 4 is 33.0 Å². The number of nitrogen functional groups attached to an aromatic ring is 1. The molecule has 2 N–H and O–H groups in total. The predicted molar refractivity (Wildman–Crippen MR) is 66.6 cm³/mol. The molecule has 0 saturated heterocycles. The van der Waals surface area contributed by atoms with Crippen LogP contribution in [0, 0.1) is 12.7 Å². The Kier molecular flexibility index (Phi) is 2.80. The van der Waals surface area contributed by atoms with E-state index >= 15 is 0 Å². The van der Waals surface area contributed by atoms with Gasteiger partial charge in [0.05, 0.1) is 5.69 Å². The van der Waals surface area contributed by atoms with E-state index in [9.17, 15) is 4.39 Å². The second kappa shape index (κ2) is 3.94. The van der Waals surface area contributed by atoms with E-state index in [1.54, 1.807) is 17.4 Å². The van der Waals surface area contributed by atoms with Crippen LogP contribution in [-0.2, 0) is 0 Å². The fourth-order valence-corrected chi connectivity index (χ4v) is 3.22. The Balaban J connectivity index is 2.54. The van der Waals surface area contributed by atoms with Gasteiger partial charge in [0, 0.05) is 14.2 Å². The van der Waals surface area contributed by atoms with Crippen LogP contribution in [0.1, 0.15) is 4.88 Å². The lowest BCUT2D eigenvalue weighted by Crippen LogP contribution is -1.89. The van der Waals surface area contributed by atoms with Crippen LogP contribution < -0.4 is 5.73 Å². The van der Waals surface area contributed by atoms with Crippen LogP contribution >= 0.6 is 27.3 Å². The van der Waals surface area contributed by atoms with Crippen molar-refractivity contribution in [2.24, 2.45) is 0 Å². The molecule has 4 heteroatoms. The highest BCUT2D eigenvalue weighted by atomic mass is 79.9. The van der Waals surface area contributed by atoms with Gasteiger partial charge in [0.2, 0.25) is 0 Å². The van der Waals surface area contributed by atoms with Gasteiger partial charge in [-0.2, -0.15) is 0 Å². The molecule has 1 aromatic carbocycles. The lowest BCUT2D eigenvalue weighted by atomic mass is 10.1. The van der Waals surface area contributed by atoms with Gasteiger partial charge < -0.3 is 5.73 Å². The van der Waals surface area contributed by atoms with Crippen molar-refractivity contribution < 1.29 is 4.39 Å². The predicted octanol–water partition coefficient (Wildman–Crippen LogP) is 4.21. The van der Waals surface area contributed by atoms with Gasteiger partial charge >= 0.3 is 0 Å². The topological polar surface area (TPSA) is 26.0 Å². The average molecular weight is 286 g/mol. The first-order valence-corrected chi connectivity index (χ1v) is 6.00. The summed E-state index contributed by atoms with van der Waals surface area (Å²) in [5.74, 6) is -0.370. The van der Waals surface area contributed by atoms with Crippen molar-refractivity contribution in [3.05, 3.63) is 39.4 Å². The Hall–Kier alpha value is -0.870. The van der Waals surface area contributed by atoms with E-state index in [1.165, 1.54) is 10.9 Å². The van der Waals surface area contributed by atoms with Crippen LogP contribution in [0.25, 0.3) is 10.4 Å². The molecule has 0 atom stereocenters. The number of benzene rings is 1. The summed E-state index contributed by atoms with van der Waals surface area (Å²) in [4.78, 5) is 2.22. The molecule has 0 aliphatic rings. The van der Waals surface area contributed by atoms with Crippen molar-refractivity contribution in [2.45, 2.75) is 6.92 Å². The monoisotopic (exact) mass is 285 g/mol. The van der Waals surface area contributed by atoms with Crippen molar-refractivity contribution in [2.75, 3.05) is 5.73 Å². The summed E-state index contributed by atoms with van der Waals surface area (Å²) >= 11 is 5.08. The van der Waals surface area contributed by atoms with Crippen molar-refractivity contribution in [3.63, 3.8) is 0 Å². The smallest absolute Gasteiger partial charge is 0.146 e. The van der Waals surface area contributed by atoms with Gasteiger partial charge in [-0.1, -0.05) is 6.07 Å². The molecule has 0 fully saturated rings. The molecule has 1 heterocycles. The van der Waals surface area contributed by atoms with Crippen molar-refractivity contribution in [1.29, 1.82) is 0 Å². The Morgan fingerprint density at radius 1 is 1.33 bits per heavy atom. The molecule has 0 amide bonds. The number of halogens is 2. The Morgan fingerprint density at radius 2 is 2.07 bits per heavy atom. The number of hydrogen-bond donors (Lipinski definition) is 1. The largest absolute Gasteiger partial charge is 0.396 e. The average Bonchev–Trinajstić information content (AvgIpc) is 2.50. The van der Waals surface area contributed by atoms with Gasteiger partial charge in [-0.15, -0.1) is 11.3 Å². The van der Waals surface area contributed by atoms with Crippen molar-refractivity contribution in [3.8, 4) is 10.4 Å². The summed E-state index contributed by atoms with van der Waals surface area (Å²) in [6.45, 7) is 2.02. The number of anilines is 1. The molecule has 0 aliphatic carbocycles. The number of nitrogens with two attached hydrogens (primary N) is 1. The quantitative estimate of drug-likeness (QED) is 0.781. The Labute approximate surface area is 99.9 Å². The van der Waals surface area contributed by atoms with Gasteiger partial charge in [0.15, 0.2) is 0 Å². The third kappa shape index (κ3) is 2.06. The molecule has 0 bridgehead atoms. The molecular formula is C11H9BrFNS. The molecule has 2 rings (SSSR count). The highest BCUT2D eigenvalue weighted by Crippen LogP contribution is 2.36. The minimum Gasteiger partial charge on any atom is -0.396 e.